The Morgan fingerprint density at radius 3 is 2.65 bits per heavy atom. The summed E-state index contributed by atoms with van der Waals surface area (Å²) in [7, 11) is 3.87. The Morgan fingerprint density at radius 2 is 2.05 bits per heavy atom. The zero-order valence-corrected chi connectivity index (χ0v) is 13.2. The van der Waals surface area contributed by atoms with E-state index >= 15 is 0 Å². The highest BCUT2D eigenvalue weighted by molar-refractivity contribution is 9.10. The summed E-state index contributed by atoms with van der Waals surface area (Å²) in [6.07, 6.45) is 1.87. The third-order valence-corrected chi connectivity index (χ3v) is 3.57. The van der Waals surface area contributed by atoms with Crippen LogP contribution in [0.5, 0.6) is 0 Å². The summed E-state index contributed by atoms with van der Waals surface area (Å²) >= 11 is 3.36. The molecule has 0 unspecified atom stereocenters. The van der Waals surface area contributed by atoms with Crippen LogP contribution >= 0.6 is 15.9 Å². The molecule has 0 radical (unpaired) electrons. The van der Waals surface area contributed by atoms with Crippen LogP contribution in [0.2, 0.25) is 0 Å². The molecule has 0 bridgehead atoms. The molecule has 1 heterocycles. The topological polar surface area (TPSA) is 37.3 Å². The maximum Gasteiger partial charge on any atom is 0.267 e. The number of aromatic nitrogens is 1. The number of para-hydroxylation sites is 1. The lowest BCUT2D eigenvalue weighted by molar-refractivity contribution is 0.0946. The summed E-state index contributed by atoms with van der Waals surface area (Å²) in [5.41, 5.74) is 1.79. The first kappa shape index (κ1) is 14.7. The van der Waals surface area contributed by atoms with Gasteiger partial charge in [0.15, 0.2) is 0 Å². The first-order valence-electron chi connectivity index (χ1n) is 6.44. The third kappa shape index (κ3) is 3.63. The normalized spacial score (nSPS) is 10.3. The van der Waals surface area contributed by atoms with Gasteiger partial charge in [0.1, 0.15) is 5.69 Å². The fraction of sp³-hybridized carbons (Fsp3) is 0.267. The smallest absolute Gasteiger partial charge is 0.267 e. The van der Waals surface area contributed by atoms with Crippen molar-refractivity contribution in [2.24, 2.45) is 7.05 Å². The zero-order chi connectivity index (χ0) is 14.5. The standard InChI is InChI=1S/C15H18BrN3O/c1-18(13-6-4-3-5-7-13)9-8-17-15(20)14-10-12(16)11-19(14)2/h3-7,10-11H,8-9H2,1-2H3,(H,17,20). The summed E-state index contributed by atoms with van der Waals surface area (Å²) in [5, 5.41) is 2.93. The van der Waals surface area contributed by atoms with Crippen molar-refractivity contribution in [1.29, 1.82) is 0 Å². The Bertz CT molecular complexity index is 580. The van der Waals surface area contributed by atoms with Crippen molar-refractivity contribution < 1.29 is 4.79 Å². The van der Waals surface area contributed by atoms with Gasteiger partial charge in [0, 0.05) is 43.5 Å². The minimum atomic E-state index is -0.0559. The number of anilines is 1. The molecule has 1 aromatic carbocycles. The van der Waals surface area contributed by atoms with E-state index in [-0.39, 0.29) is 5.91 Å². The number of benzene rings is 1. The van der Waals surface area contributed by atoms with Crippen LogP contribution in [-0.4, -0.2) is 30.6 Å². The first-order chi connectivity index (χ1) is 9.58. The molecule has 0 atom stereocenters. The predicted octanol–water partition coefficient (Wildman–Crippen LogP) is 2.65. The van der Waals surface area contributed by atoms with E-state index in [1.54, 1.807) is 4.57 Å². The van der Waals surface area contributed by atoms with E-state index in [0.29, 0.717) is 12.2 Å². The lowest BCUT2D eigenvalue weighted by atomic mass is 10.3. The SMILES string of the molecule is CN(CCNC(=O)c1cc(Br)cn1C)c1ccccc1. The summed E-state index contributed by atoms with van der Waals surface area (Å²) in [6, 6.07) is 11.9. The molecule has 0 aliphatic rings. The van der Waals surface area contributed by atoms with Crippen LogP contribution in [0.3, 0.4) is 0 Å². The number of aryl methyl sites for hydroxylation is 1. The number of likely N-dealkylation sites (N-methyl/N-ethyl adjacent to an activating group) is 1. The van der Waals surface area contributed by atoms with Gasteiger partial charge in [0.05, 0.1) is 0 Å². The average molecular weight is 336 g/mol. The van der Waals surface area contributed by atoms with Crippen molar-refractivity contribution in [3.05, 3.63) is 52.8 Å². The molecule has 5 heteroatoms. The van der Waals surface area contributed by atoms with Crippen LogP contribution in [0.15, 0.2) is 47.1 Å². The molecule has 0 aliphatic carbocycles. The van der Waals surface area contributed by atoms with Crippen molar-refractivity contribution in [1.82, 2.24) is 9.88 Å². The second-order valence-corrected chi connectivity index (χ2v) is 5.58. The Labute approximate surface area is 127 Å². The molecular formula is C15H18BrN3O. The van der Waals surface area contributed by atoms with Gasteiger partial charge in [-0.15, -0.1) is 0 Å². The fourth-order valence-corrected chi connectivity index (χ4v) is 2.51. The highest BCUT2D eigenvalue weighted by atomic mass is 79.9. The van der Waals surface area contributed by atoms with Crippen LogP contribution in [-0.2, 0) is 7.05 Å². The van der Waals surface area contributed by atoms with Gasteiger partial charge in [-0.05, 0) is 34.1 Å². The van der Waals surface area contributed by atoms with E-state index in [2.05, 4.69) is 38.3 Å². The van der Waals surface area contributed by atoms with Gasteiger partial charge in [-0.2, -0.15) is 0 Å². The summed E-state index contributed by atoms with van der Waals surface area (Å²) in [5.74, 6) is -0.0559. The zero-order valence-electron chi connectivity index (χ0n) is 11.6. The lowest BCUT2D eigenvalue weighted by Crippen LogP contribution is -2.33. The molecule has 0 spiro atoms. The van der Waals surface area contributed by atoms with Crippen molar-refractivity contribution in [2.75, 3.05) is 25.0 Å². The highest BCUT2D eigenvalue weighted by Gasteiger charge is 2.10. The molecular weight excluding hydrogens is 318 g/mol. The number of carbonyl (C=O) groups is 1. The van der Waals surface area contributed by atoms with Crippen molar-refractivity contribution in [3.63, 3.8) is 0 Å². The number of halogens is 1. The van der Waals surface area contributed by atoms with Crippen molar-refractivity contribution in [2.45, 2.75) is 0 Å². The van der Waals surface area contributed by atoms with Gasteiger partial charge in [-0.3, -0.25) is 4.79 Å². The van der Waals surface area contributed by atoms with Gasteiger partial charge in [-0.25, -0.2) is 0 Å². The minimum absolute atomic E-state index is 0.0559. The van der Waals surface area contributed by atoms with E-state index in [0.717, 1.165) is 16.7 Å². The van der Waals surface area contributed by atoms with E-state index in [1.165, 1.54) is 0 Å². The molecule has 106 valence electrons. The van der Waals surface area contributed by atoms with E-state index in [9.17, 15) is 4.79 Å². The molecule has 0 fully saturated rings. The number of hydrogen-bond donors (Lipinski definition) is 1. The second-order valence-electron chi connectivity index (χ2n) is 4.67. The number of amides is 1. The van der Waals surface area contributed by atoms with E-state index in [1.807, 2.05) is 44.6 Å². The van der Waals surface area contributed by atoms with Crippen molar-refractivity contribution >= 4 is 27.5 Å². The predicted molar refractivity (Wildman–Crippen MR) is 85.2 cm³/mol. The lowest BCUT2D eigenvalue weighted by Gasteiger charge is -2.19. The largest absolute Gasteiger partial charge is 0.373 e. The average Bonchev–Trinajstić information content (AvgIpc) is 2.78. The molecule has 1 aromatic heterocycles. The molecule has 1 amide bonds. The summed E-state index contributed by atoms with van der Waals surface area (Å²) in [6.45, 7) is 1.37. The molecule has 2 aromatic rings. The fourth-order valence-electron chi connectivity index (χ4n) is 1.99. The number of carbonyl (C=O) groups excluding carboxylic acids is 1. The molecule has 2 rings (SSSR count). The maximum absolute atomic E-state index is 12.0. The Balaban J connectivity index is 1.84. The van der Waals surface area contributed by atoms with Gasteiger partial charge in [0.25, 0.3) is 5.91 Å². The van der Waals surface area contributed by atoms with Crippen LogP contribution < -0.4 is 10.2 Å². The number of nitrogens with zero attached hydrogens (tertiary/aromatic N) is 2. The van der Waals surface area contributed by atoms with Crippen LogP contribution in [0, 0.1) is 0 Å². The highest BCUT2D eigenvalue weighted by Crippen LogP contribution is 2.13. The molecule has 1 N–H and O–H groups in total. The Kier molecular flexibility index (Phi) is 4.84. The third-order valence-electron chi connectivity index (χ3n) is 3.13. The quantitative estimate of drug-likeness (QED) is 0.912. The van der Waals surface area contributed by atoms with E-state index < -0.39 is 0 Å². The summed E-state index contributed by atoms with van der Waals surface area (Å²) in [4.78, 5) is 14.1. The van der Waals surface area contributed by atoms with Crippen LogP contribution in [0.4, 0.5) is 5.69 Å². The van der Waals surface area contributed by atoms with Gasteiger partial charge in [0.2, 0.25) is 0 Å². The number of hydrogen-bond acceptors (Lipinski definition) is 2. The molecule has 20 heavy (non-hydrogen) atoms. The van der Waals surface area contributed by atoms with Gasteiger partial charge in [-0.1, -0.05) is 18.2 Å². The minimum Gasteiger partial charge on any atom is -0.373 e. The van der Waals surface area contributed by atoms with E-state index in [4.69, 9.17) is 0 Å². The van der Waals surface area contributed by atoms with Gasteiger partial charge >= 0.3 is 0 Å². The number of nitrogens with one attached hydrogen (secondary N) is 1. The molecule has 4 nitrogen and oxygen atoms in total. The second kappa shape index (κ2) is 6.61. The molecule has 0 aliphatic heterocycles. The first-order valence-corrected chi connectivity index (χ1v) is 7.23. The monoisotopic (exact) mass is 335 g/mol. The molecule has 0 saturated carbocycles. The van der Waals surface area contributed by atoms with Gasteiger partial charge < -0.3 is 14.8 Å². The Hall–Kier alpha value is -1.75. The summed E-state index contributed by atoms with van der Waals surface area (Å²) < 4.78 is 2.71. The van der Waals surface area contributed by atoms with Crippen LogP contribution in [0.1, 0.15) is 10.5 Å². The Morgan fingerprint density at radius 1 is 1.35 bits per heavy atom. The van der Waals surface area contributed by atoms with Crippen molar-refractivity contribution in [3.8, 4) is 0 Å². The number of rotatable bonds is 5. The maximum atomic E-state index is 12.0. The molecule has 0 saturated heterocycles. The van der Waals surface area contributed by atoms with Crippen LogP contribution in [0.25, 0.3) is 0 Å².